The van der Waals surface area contributed by atoms with Crippen LogP contribution in [0.3, 0.4) is 0 Å². The van der Waals surface area contributed by atoms with Crippen molar-refractivity contribution in [2.75, 3.05) is 18.6 Å². The summed E-state index contributed by atoms with van der Waals surface area (Å²) in [6, 6.07) is 4.63. The minimum Gasteiger partial charge on any atom is -0.491 e. The molecule has 5 heteroatoms. The molecule has 1 atom stereocenters. The molecule has 0 aliphatic rings. The number of unbranched alkanes of at least 4 members (excludes halogenated alkanes) is 1. The number of nitrogens with two attached hydrogens (primary N) is 1. The molecule has 0 radical (unpaired) electrons. The predicted molar refractivity (Wildman–Crippen MR) is 82.8 cm³/mol. The number of rotatable bonds is 8. The van der Waals surface area contributed by atoms with Gasteiger partial charge in [0.1, 0.15) is 5.75 Å². The number of hydrogen-bond donors (Lipinski definition) is 1. The van der Waals surface area contributed by atoms with Crippen LogP contribution >= 0.6 is 0 Å². The molecule has 0 aliphatic carbocycles. The Morgan fingerprint density at radius 3 is 2.50 bits per heavy atom. The molecular formula is C15H25NO3S. The molecule has 1 aromatic carbocycles. The Bertz CT molecular complexity index is 526. The summed E-state index contributed by atoms with van der Waals surface area (Å²) in [5, 5.41) is 0. The van der Waals surface area contributed by atoms with E-state index in [0.717, 1.165) is 12.8 Å². The molecule has 4 nitrogen and oxygen atoms in total. The number of nitrogen functional groups attached to an aromatic ring is 1. The molecule has 1 unspecified atom stereocenters. The van der Waals surface area contributed by atoms with E-state index in [0.29, 0.717) is 24.0 Å². The lowest BCUT2D eigenvalue weighted by atomic mass is 10.0. The largest absolute Gasteiger partial charge is 0.491 e. The zero-order valence-electron chi connectivity index (χ0n) is 12.6. The van der Waals surface area contributed by atoms with Gasteiger partial charge >= 0.3 is 0 Å². The molecule has 0 aliphatic heterocycles. The minimum atomic E-state index is -3.23. The van der Waals surface area contributed by atoms with Crippen LogP contribution in [-0.4, -0.2) is 21.3 Å². The van der Waals surface area contributed by atoms with E-state index in [9.17, 15) is 8.42 Å². The number of benzene rings is 1. The van der Waals surface area contributed by atoms with E-state index in [1.54, 1.807) is 6.07 Å². The van der Waals surface area contributed by atoms with Gasteiger partial charge in [-0.1, -0.05) is 33.1 Å². The van der Waals surface area contributed by atoms with Crippen LogP contribution in [0.1, 0.15) is 39.5 Å². The quantitative estimate of drug-likeness (QED) is 0.748. The number of anilines is 1. The highest BCUT2D eigenvalue weighted by molar-refractivity contribution is 7.90. The van der Waals surface area contributed by atoms with Crippen LogP contribution < -0.4 is 10.5 Å². The van der Waals surface area contributed by atoms with Gasteiger partial charge in [0.15, 0.2) is 9.84 Å². The monoisotopic (exact) mass is 299 g/mol. The van der Waals surface area contributed by atoms with Crippen LogP contribution in [0.5, 0.6) is 5.75 Å². The summed E-state index contributed by atoms with van der Waals surface area (Å²) in [6.07, 6.45) is 5.77. The molecule has 0 fully saturated rings. The van der Waals surface area contributed by atoms with Crippen LogP contribution in [0.15, 0.2) is 23.1 Å². The average Bonchev–Trinajstić information content (AvgIpc) is 2.39. The molecule has 114 valence electrons. The first-order chi connectivity index (χ1) is 9.38. The van der Waals surface area contributed by atoms with Crippen molar-refractivity contribution in [1.82, 2.24) is 0 Å². The predicted octanol–water partition coefficient (Wildman–Crippen LogP) is 3.27. The van der Waals surface area contributed by atoms with Crippen molar-refractivity contribution < 1.29 is 13.2 Å². The zero-order valence-corrected chi connectivity index (χ0v) is 13.4. The molecule has 2 N–H and O–H groups in total. The first kappa shape index (κ1) is 16.8. The average molecular weight is 299 g/mol. The van der Waals surface area contributed by atoms with Gasteiger partial charge in [-0.3, -0.25) is 0 Å². The topological polar surface area (TPSA) is 69.4 Å². The Labute approximate surface area is 122 Å². The molecule has 0 spiro atoms. The van der Waals surface area contributed by atoms with E-state index in [-0.39, 0.29) is 4.90 Å². The third kappa shape index (κ3) is 5.04. The van der Waals surface area contributed by atoms with Gasteiger partial charge in [-0.05, 0) is 30.5 Å². The summed E-state index contributed by atoms with van der Waals surface area (Å²) in [7, 11) is -3.23. The molecule has 0 heterocycles. The molecule has 0 bridgehead atoms. The van der Waals surface area contributed by atoms with Crippen molar-refractivity contribution in [3.63, 3.8) is 0 Å². The fraction of sp³-hybridized carbons (Fsp3) is 0.600. The van der Waals surface area contributed by atoms with Crippen LogP contribution in [0.4, 0.5) is 5.69 Å². The lowest BCUT2D eigenvalue weighted by Crippen LogP contribution is -2.12. The minimum absolute atomic E-state index is 0.223. The first-order valence-corrected chi connectivity index (χ1v) is 9.00. The summed E-state index contributed by atoms with van der Waals surface area (Å²) in [4.78, 5) is 0.223. The second kappa shape index (κ2) is 7.53. The zero-order chi connectivity index (χ0) is 15.2. The van der Waals surface area contributed by atoms with Crippen LogP contribution in [-0.2, 0) is 9.84 Å². The highest BCUT2D eigenvalue weighted by Crippen LogP contribution is 2.26. The molecule has 1 rings (SSSR count). The van der Waals surface area contributed by atoms with E-state index >= 15 is 0 Å². The Hall–Kier alpha value is -1.23. The molecule has 20 heavy (non-hydrogen) atoms. The van der Waals surface area contributed by atoms with Crippen LogP contribution in [0, 0.1) is 5.92 Å². The molecule has 1 aromatic rings. The Morgan fingerprint density at radius 1 is 1.30 bits per heavy atom. The normalized spacial score (nSPS) is 13.2. The van der Waals surface area contributed by atoms with E-state index in [2.05, 4.69) is 13.8 Å². The smallest absolute Gasteiger partial charge is 0.175 e. The van der Waals surface area contributed by atoms with Crippen molar-refractivity contribution in [2.45, 2.75) is 44.4 Å². The van der Waals surface area contributed by atoms with Crippen molar-refractivity contribution in [3.8, 4) is 5.75 Å². The summed E-state index contributed by atoms with van der Waals surface area (Å²) >= 11 is 0. The SMILES string of the molecule is CCCCC(CC)COc1ccc(S(C)(=O)=O)cc1N. The number of sulfone groups is 1. The highest BCUT2D eigenvalue weighted by atomic mass is 32.2. The Kier molecular flexibility index (Phi) is 6.33. The Morgan fingerprint density at radius 2 is 2.00 bits per heavy atom. The summed E-state index contributed by atoms with van der Waals surface area (Å²) < 4.78 is 28.6. The van der Waals surface area contributed by atoms with E-state index < -0.39 is 9.84 Å². The van der Waals surface area contributed by atoms with Crippen molar-refractivity contribution >= 4 is 15.5 Å². The summed E-state index contributed by atoms with van der Waals surface area (Å²) in [6.45, 7) is 4.95. The van der Waals surface area contributed by atoms with Crippen molar-refractivity contribution in [2.24, 2.45) is 5.92 Å². The maximum Gasteiger partial charge on any atom is 0.175 e. The fourth-order valence-corrected chi connectivity index (χ4v) is 2.65. The van der Waals surface area contributed by atoms with Gasteiger partial charge in [0.25, 0.3) is 0 Å². The van der Waals surface area contributed by atoms with Gasteiger partial charge in [-0.15, -0.1) is 0 Å². The van der Waals surface area contributed by atoms with Gasteiger partial charge < -0.3 is 10.5 Å². The van der Waals surface area contributed by atoms with Gasteiger partial charge in [-0.25, -0.2) is 8.42 Å². The fourth-order valence-electron chi connectivity index (χ4n) is 1.99. The first-order valence-electron chi connectivity index (χ1n) is 7.10. The maximum absolute atomic E-state index is 11.4. The summed E-state index contributed by atoms with van der Waals surface area (Å²) in [5.74, 6) is 1.08. The van der Waals surface area contributed by atoms with Gasteiger partial charge in [0, 0.05) is 6.26 Å². The third-order valence-corrected chi connectivity index (χ3v) is 4.54. The summed E-state index contributed by atoms with van der Waals surface area (Å²) in [5.41, 5.74) is 6.23. The number of hydrogen-bond acceptors (Lipinski definition) is 4. The Balaban J connectivity index is 2.69. The van der Waals surface area contributed by atoms with Crippen LogP contribution in [0.2, 0.25) is 0 Å². The maximum atomic E-state index is 11.4. The van der Waals surface area contributed by atoms with Crippen LogP contribution in [0.25, 0.3) is 0 Å². The standard InChI is InChI=1S/C15H25NO3S/c1-4-6-7-12(5-2)11-19-15-9-8-13(10-14(15)16)20(3,17)18/h8-10,12H,4-7,11,16H2,1-3H3. The van der Waals surface area contributed by atoms with Gasteiger partial charge in [-0.2, -0.15) is 0 Å². The molecular weight excluding hydrogens is 274 g/mol. The van der Waals surface area contributed by atoms with Crippen molar-refractivity contribution in [1.29, 1.82) is 0 Å². The lowest BCUT2D eigenvalue weighted by molar-refractivity contribution is 0.234. The second-order valence-corrected chi connectivity index (χ2v) is 7.22. The van der Waals surface area contributed by atoms with Gasteiger partial charge in [0.05, 0.1) is 17.2 Å². The second-order valence-electron chi connectivity index (χ2n) is 5.20. The lowest BCUT2D eigenvalue weighted by Gasteiger charge is -2.16. The molecule has 0 amide bonds. The number of ether oxygens (including phenoxy) is 1. The molecule has 0 saturated carbocycles. The highest BCUT2D eigenvalue weighted by Gasteiger charge is 2.12. The van der Waals surface area contributed by atoms with E-state index in [4.69, 9.17) is 10.5 Å². The van der Waals surface area contributed by atoms with Gasteiger partial charge in [0.2, 0.25) is 0 Å². The van der Waals surface area contributed by atoms with Crippen molar-refractivity contribution in [3.05, 3.63) is 18.2 Å². The molecule has 0 saturated heterocycles. The molecule has 0 aromatic heterocycles. The van der Waals surface area contributed by atoms with E-state index in [1.165, 1.54) is 31.2 Å². The van der Waals surface area contributed by atoms with E-state index in [1.807, 2.05) is 0 Å². The third-order valence-electron chi connectivity index (χ3n) is 3.43.